The first-order chi connectivity index (χ1) is 8.80. The van der Waals surface area contributed by atoms with Gasteiger partial charge >= 0.3 is 6.18 Å². The maximum atomic E-state index is 13.5. The van der Waals surface area contributed by atoms with Crippen LogP contribution in [0.3, 0.4) is 0 Å². The van der Waals surface area contributed by atoms with Crippen LogP contribution in [0, 0.1) is 12.7 Å². The van der Waals surface area contributed by atoms with E-state index in [-0.39, 0.29) is 0 Å². The Morgan fingerprint density at radius 3 is 2.37 bits per heavy atom. The minimum Gasteiger partial charge on any atom is -0.320 e. The molecule has 2 rings (SSSR count). The zero-order valence-electron chi connectivity index (χ0n) is 9.96. The van der Waals surface area contributed by atoms with E-state index in [9.17, 15) is 17.6 Å². The molecular weight excluding hydrogens is 278 g/mol. The first kappa shape index (κ1) is 14.0. The van der Waals surface area contributed by atoms with Crippen LogP contribution in [0.5, 0.6) is 0 Å². The standard InChI is InChI=1S/C13H11F4NS/c1-7-5-19-6-9(7)12(18)8-2-3-10(11(14)4-8)13(15,16)17/h2-6,12H,18H2,1H3. The van der Waals surface area contributed by atoms with E-state index in [0.717, 1.165) is 23.3 Å². The number of nitrogens with two attached hydrogens (primary N) is 1. The van der Waals surface area contributed by atoms with Crippen molar-refractivity contribution in [1.82, 2.24) is 0 Å². The number of hydrogen-bond acceptors (Lipinski definition) is 2. The Bertz CT molecular complexity index is 589. The van der Waals surface area contributed by atoms with Crippen molar-refractivity contribution in [3.63, 3.8) is 0 Å². The van der Waals surface area contributed by atoms with Crippen LogP contribution in [-0.4, -0.2) is 0 Å². The van der Waals surface area contributed by atoms with Crippen LogP contribution in [-0.2, 0) is 6.18 Å². The molecule has 0 radical (unpaired) electrons. The van der Waals surface area contributed by atoms with E-state index in [4.69, 9.17) is 5.73 Å². The summed E-state index contributed by atoms with van der Waals surface area (Å²) in [5.74, 6) is -1.30. The average molecular weight is 289 g/mol. The molecule has 1 aromatic heterocycles. The maximum absolute atomic E-state index is 13.5. The Labute approximate surface area is 111 Å². The molecule has 0 saturated carbocycles. The first-order valence-corrected chi connectivity index (χ1v) is 6.40. The van der Waals surface area contributed by atoms with E-state index in [1.54, 1.807) is 0 Å². The summed E-state index contributed by atoms with van der Waals surface area (Å²) in [7, 11) is 0. The molecule has 19 heavy (non-hydrogen) atoms. The SMILES string of the molecule is Cc1cscc1C(N)c1ccc(C(F)(F)F)c(F)c1. The molecule has 0 amide bonds. The molecule has 0 fully saturated rings. The minimum absolute atomic E-state index is 0.326. The van der Waals surface area contributed by atoms with Crippen molar-refractivity contribution in [3.8, 4) is 0 Å². The average Bonchev–Trinajstić information content (AvgIpc) is 2.72. The summed E-state index contributed by atoms with van der Waals surface area (Å²) in [5, 5.41) is 3.70. The zero-order valence-corrected chi connectivity index (χ0v) is 10.8. The number of alkyl halides is 3. The van der Waals surface area contributed by atoms with Crippen LogP contribution in [0.1, 0.15) is 28.3 Å². The highest BCUT2D eigenvalue weighted by Crippen LogP contribution is 2.33. The number of rotatable bonds is 2. The summed E-state index contributed by atoms with van der Waals surface area (Å²) in [6, 6.07) is 2.17. The van der Waals surface area contributed by atoms with Gasteiger partial charge in [0.2, 0.25) is 0 Å². The lowest BCUT2D eigenvalue weighted by Crippen LogP contribution is -2.14. The third kappa shape index (κ3) is 2.79. The molecule has 0 bridgehead atoms. The monoisotopic (exact) mass is 289 g/mol. The molecule has 1 heterocycles. The Hall–Kier alpha value is -1.40. The number of hydrogen-bond donors (Lipinski definition) is 1. The van der Waals surface area contributed by atoms with Crippen molar-refractivity contribution in [1.29, 1.82) is 0 Å². The second-order valence-corrected chi connectivity index (χ2v) is 4.97. The summed E-state index contributed by atoms with van der Waals surface area (Å²) < 4.78 is 50.8. The summed E-state index contributed by atoms with van der Waals surface area (Å²) in [5.41, 5.74) is 6.74. The molecule has 1 unspecified atom stereocenters. The highest BCUT2D eigenvalue weighted by atomic mass is 32.1. The van der Waals surface area contributed by atoms with Gasteiger partial charge in [0.1, 0.15) is 5.82 Å². The normalized spacial score (nSPS) is 13.6. The van der Waals surface area contributed by atoms with Gasteiger partial charge in [0.05, 0.1) is 11.6 Å². The van der Waals surface area contributed by atoms with E-state index in [1.807, 2.05) is 17.7 Å². The summed E-state index contributed by atoms with van der Waals surface area (Å²) in [6.45, 7) is 1.85. The fraction of sp³-hybridized carbons (Fsp3) is 0.231. The molecule has 0 aliphatic rings. The van der Waals surface area contributed by atoms with Gasteiger partial charge in [0.15, 0.2) is 0 Å². The van der Waals surface area contributed by atoms with Crippen LogP contribution < -0.4 is 5.73 Å². The van der Waals surface area contributed by atoms with Gasteiger partial charge in [0.25, 0.3) is 0 Å². The number of thiophene rings is 1. The van der Waals surface area contributed by atoms with Crippen LogP contribution in [0.15, 0.2) is 29.0 Å². The second-order valence-electron chi connectivity index (χ2n) is 4.22. The van der Waals surface area contributed by atoms with E-state index in [1.165, 1.54) is 17.4 Å². The largest absolute Gasteiger partial charge is 0.419 e. The Kier molecular flexibility index (Phi) is 3.64. The van der Waals surface area contributed by atoms with Gasteiger partial charge in [0, 0.05) is 0 Å². The topological polar surface area (TPSA) is 26.0 Å². The van der Waals surface area contributed by atoms with Crippen molar-refractivity contribution < 1.29 is 17.6 Å². The minimum atomic E-state index is -4.69. The zero-order chi connectivity index (χ0) is 14.2. The molecule has 6 heteroatoms. The lowest BCUT2D eigenvalue weighted by atomic mass is 9.98. The fourth-order valence-electron chi connectivity index (χ4n) is 1.82. The van der Waals surface area contributed by atoms with Gasteiger partial charge in [-0.2, -0.15) is 24.5 Å². The molecule has 2 aromatic rings. The molecule has 0 aliphatic carbocycles. The van der Waals surface area contributed by atoms with E-state index >= 15 is 0 Å². The Morgan fingerprint density at radius 1 is 1.21 bits per heavy atom. The van der Waals surface area contributed by atoms with Crippen LogP contribution in [0.25, 0.3) is 0 Å². The highest BCUT2D eigenvalue weighted by Gasteiger charge is 2.34. The van der Waals surface area contributed by atoms with Gasteiger partial charge in [-0.1, -0.05) is 6.07 Å². The van der Waals surface area contributed by atoms with Crippen molar-refractivity contribution in [2.45, 2.75) is 19.1 Å². The fourth-order valence-corrected chi connectivity index (χ4v) is 2.71. The third-order valence-corrected chi connectivity index (χ3v) is 3.77. The van der Waals surface area contributed by atoms with E-state index in [0.29, 0.717) is 5.56 Å². The first-order valence-electron chi connectivity index (χ1n) is 5.45. The molecule has 2 N–H and O–H groups in total. The number of halogens is 4. The van der Waals surface area contributed by atoms with Crippen molar-refractivity contribution in [2.75, 3.05) is 0 Å². The molecule has 0 aliphatic heterocycles. The van der Waals surface area contributed by atoms with Crippen LogP contribution in [0.2, 0.25) is 0 Å². The molecule has 0 spiro atoms. The lowest BCUT2D eigenvalue weighted by Gasteiger charge is -2.14. The predicted octanol–water partition coefficient (Wildman–Crippen LogP) is 4.26. The van der Waals surface area contributed by atoms with Crippen molar-refractivity contribution in [3.05, 3.63) is 57.0 Å². The number of aryl methyl sites for hydroxylation is 1. The summed E-state index contributed by atoms with van der Waals surface area (Å²) in [6.07, 6.45) is -4.69. The van der Waals surface area contributed by atoms with E-state index < -0.39 is 23.6 Å². The smallest absolute Gasteiger partial charge is 0.320 e. The van der Waals surface area contributed by atoms with Crippen molar-refractivity contribution >= 4 is 11.3 Å². The van der Waals surface area contributed by atoms with Gasteiger partial charge in [-0.3, -0.25) is 0 Å². The van der Waals surface area contributed by atoms with Gasteiger partial charge in [-0.25, -0.2) is 4.39 Å². The number of benzene rings is 1. The second kappa shape index (κ2) is 4.94. The molecule has 0 saturated heterocycles. The molecule has 1 aromatic carbocycles. The Morgan fingerprint density at radius 2 is 1.89 bits per heavy atom. The van der Waals surface area contributed by atoms with Gasteiger partial charge in [-0.15, -0.1) is 0 Å². The molecule has 1 nitrogen and oxygen atoms in total. The molecule has 102 valence electrons. The maximum Gasteiger partial charge on any atom is 0.419 e. The molecular formula is C13H11F4NS. The van der Waals surface area contributed by atoms with Crippen LogP contribution >= 0.6 is 11.3 Å². The molecule has 1 atom stereocenters. The summed E-state index contributed by atoms with van der Waals surface area (Å²) >= 11 is 1.45. The highest BCUT2D eigenvalue weighted by molar-refractivity contribution is 7.08. The van der Waals surface area contributed by atoms with Gasteiger partial charge in [-0.05, 0) is 46.5 Å². The van der Waals surface area contributed by atoms with Gasteiger partial charge < -0.3 is 5.73 Å². The van der Waals surface area contributed by atoms with E-state index in [2.05, 4.69) is 0 Å². The predicted molar refractivity (Wildman–Crippen MR) is 66.5 cm³/mol. The quantitative estimate of drug-likeness (QED) is 0.821. The third-order valence-electron chi connectivity index (χ3n) is 2.89. The van der Waals surface area contributed by atoms with Crippen LogP contribution in [0.4, 0.5) is 17.6 Å². The lowest BCUT2D eigenvalue weighted by molar-refractivity contribution is -0.140. The van der Waals surface area contributed by atoms with Crippen molar-refractivity contribution in [2.24, 2.45) is 5.73 Å². The summed E-state index contributed by atoms with van der Waals surface area (Å²) in [4.78, 5) is 0. The Balaban J connectivity index is 2.38.